The zero-order valence-corrected chi connectivity index (χ0v) is 13.5. The van der Waals surface area contributed by atoms with Gasteiger partial charge in [-0.3, -0.25) is 4.79 Å². The maximum Gasteiger partial charge on any atom is 0.213 e. The number of carbonyl (C=O) groups excluding carboxylic acids is 1. The molecule has 1 aromatic rings. The number of rotatable bonds is 6. The molecule has 122 valence electrons. The van der Waals surface area contributed by atoms with Gasteiger partial charge in [-0.05, 0) is 38.5 Å². The molecule has 0 spiro atoms. The van der Waals surface area contributed by atoms with Gasteiger partial charge >= 0.3 is 0 Å². The second-order valence-corrected chi connectivity index (χ2v) is 6.50. The van der Waals surface area contributed by atoms with Crippen LogP contribution in [0, 0.1) is 11.8 Å². The summed E-state index contributed by atoms with van der Waals surface area (Å²) in [5.41, 5.74) is -0.275. The highest BCUT2D eigenvalue weighted by atomic mass is 16.5. The number of ether oxygens (including phenoxy) is 2. The lowest BCUT2D eigenvalue weighted by Crippen LogP contribution is -2.40. The van der Waals surface area contributed by atoms with E-state index in [1.165, 1.54) is 13.3 Å². The van der Waals surface area contributed by atoms with Gasteiger partial charge in [0.1, 0.15) is 5.75 Å². The lowest BCUT2D eigenvalue weighted by Gasteiger charge is -2.39. The second-order valence-electron chi connectivity index (χ2n) is 6.50. The summed E-state index contributed by atoms with van der Waals surface area (Å²) in [6.45, 7) is 4.22. The van der Waals surface area contributed by atoms with E-state index in [0.717, 1.165) is 32.0 Å². The van der Waals surface area contributed by atoms with E-state index in [2.05, 4.69) is 4.98 Å². The lowest BCUT2D eigenvalue weighted by molar-refractivity contribution is -0.0378. The zero-order chi connectivity index (χ0) is 16.2. The molecule has 1 aliphatic carbocycles. The Bertz CT molecular complexity index is 510. The van der Waals surface area contributed by atoms with Crippen molar-refractivity contribution in [2.24, 2.45) is 11.8 Å². The fourth-order valence-electron chi connectivity index (χ4n) is 3.30. The van der Waals surface area contributed by atoms with Crippen LogP contribution in [0.3, 0.4) is 0 Å². The molecule has 1 fully saturated rings. The molecule has 0 saturated heterocycles. The summed E-state index contributed by atoms with van der Waals surface area (Å²) in [6.07, 6.45) is 6.61. The number of carbonyl (C=O) groups is 1. The first-order valence-corrected chi connectivity index (χ1v) is 7.80. The van der Waals surface area contributed by atoms with Crippen molar-refractivity contribution in [2.75, 3.05) is 13.7 Å². The highest BCUT2D eigenvalue weighted by Crippen LogP contribution is 2.37. The summed E-state index contributed by atoms with van der Waals surface area (Å²) >= 11 is 0. The zero-order valence-electron chi connectivity index (χ0n) is 13.5. The Morgan fingerprint density at radius 2 is 2.14 bits per heavy atom. The van der Waals surface area contributed by atoms with Crippen LogP contribution in [-0.4, -0.2) is 35.7 Å². The van der Waals surface area contributed by atoms with Crippen molar-refractivity contribution in [1.82, 2.24) is 4.98 Å². The smallest absolute Gasteiger partial charge is 0.213 e. The molecule has 1 saturated carbocycles. The summed E-state index contributed by atoms with van der Waals surface area (Å²) in [6, 6.07) is 1.57. The van der Waals surface area contributed by atoms with Crippen molar-refractivity contribution in [3.05, 3.63) is 17.8 Å². The molecule has 1 heterocycles. The van der Waals surface area contributed by atoms with E-state index in [4.69, 9.17) is 9.47 Å². The highest BCUT2D eigenvalue weighted by Gasteiger charge is 2.36. The van der Waals surface area contributed by atoms with Crippen LogP contribution in [0.1, 0.15) is 49.9 Å². The van der Waals surface area contributed by atoms with Crippen LogP contribution >= 0.6 is 0 Å². The van der Waals surface area contributed by atoms with Crippen molar-refractivity contribution in [3.8, 4) is 11.6 Å². The number of pyridine rings is 1. The minimum absolute atomic E-state index is 0.215. The van der Waals surface area contributed by atoms with Crippen molar-refractivity contribution in [3.63, 3.8) is 0 Å². The van der Waals surface area contributed by atoms with Crippen LogP contribution in [-0.2, 0) is 0 Å². The largest absolute Gasteiger partial charge is 0.491 e. The first-order valence-electron chi connectivity index (χ1n) is 7.80. The molecular formula is C17H25NO4. The summed E-state index contributed by atoms with van der Waals surface area (Å²) in [5, 5.41) is 10.3. The van der Waals surface area contributed by atoms with Gasteiger partial charge in [0, 0.05) is 6.07 Å². The molecule has 5 heteroatoms. The first-order chi connectivity index (χ1) is 10.5. The van der Waals surface area contributed by atoms with Gasteiger partial charge in [-0.1, -0.05) is 12.8 Å². The average Bonchev–Trinajstić information content (AvgIpc) is 2.52. The Kier molecular flexibility index (Phi) is 5.40. The molecule has 2 unspecified atom stereocenters. The fraction of sp³-hybridized carbons (Fsp3) is 0.647. The normalized spacial score (nSPS) is 22.2. The molecule has 0 amide bonds. The molecule has 0 aliphatic heterocycles. The number of methoxy groups -OCH3 is 1. The molecule has 1 N–H and O–H groups in total. The summed E-state index contributed by atoms with van der Waals surface area (Å²) in [7, 11) is 1.51. The summed E-state index contributed by atoms with van der Waals surface area (Å²) in [5.74, 6) is 1.36. The van der Waals surface area contributed by atoms with Gasteiger partial charge in [0.05, 0.1) is 31.1 Å². The monoisotopic (exact) mass is 307 g/mol. The Morgan fingerprint density at radius 3 is 2.77 bits per heavy atom. The molecule has 0 bridgehead atoms. The van der Waals surface area contributed by atoms with E-state index < -0.39 is 5.60 Å². The van der Waals surface area contributed by atoms with E-state index in [1.807, 2.05) is 13.8 Å². The van der Waals surface area contributed by atoms with E-state index >= 15 is 0 Å². The van der Waals surface area contributed by atoms with E-state index in [1.54, 1.807) is 6.07 Å². The number of hydrogen-bond acceptors (Lipinski definition) is 5. The van der Waals surface area contributed by atoms with Crippen LogP contribution in [0.5, 0.6) is 11.6 Å². The number of nitrogens with zero attached hydrogens (tertiary/aromatic N) is 1. The van der Waals surface area contributed by atoms with Gasteiger partial charge < -0.3 is 14.6 Å². The summed E-state index contributed by atoms with van der Waals surface area (Å²) < 4.78 is 10.8. The first kappa shape index (κ1) is 16.7. The standard InChI is InChI=1S/C17H25NO4/c1-17(2,20)14-7-5-4-6-12(14)11-22-15-9-18-16(21-3)8-13(15)10-19/h8-10,12,14,20H,4-7,11H2,1-3H3. The van der Waals surface area contributed by atoms with Crippen LogP contribution in [0.2, 0.25) is 0 Å². The molecule has 0 radical (unpaired) electrons. The van der Waals surface area contributed by atoms with Crippen molar-refractivity contribution in [1.29, 1.82) is 0 Å². The number of aldehydes is 1. The molecule has 2 atom stereocenters. The Balaban J connectivity index is 2.06. The number of hydrogen-bond donors (Lipinski definition) is 1. The quantitative estimate of drug-likeness (QED) is 0.818. The topological polar surface area (TPSA) is 68.7 Å². The third-order valence-electron chi connectivity index (χ3n) is 4.48. The predicted molar refractivity (Wildman–Crippen MR) is 83.4 cm³/mol. The molecule has 0 aromatic carbocycles. The predicted octanol–water partition coefficient (Wildman–Crippen LogP) is 2.86. The average molecular weight is 307 g/mol. The van der Waals surface area contributed by atoms with Crippen molar-refractivity contribution in [2.45, 2.75) is 45.1 Å². The Labute approximate surface area is 131 Å². The fourth-order valence-corrected chi connectivity index (χ4v) is 3.30. The van der Waals surface area contributed by atoms with Crippen LogP contribution in [0.4, 0.5) is 0 Å². The van der Waals surface area contributed by atoms with Crippen LogP contribution in [0.25, 0.3) is 0 Å². The van der Waals surface area contributed by atoms with Gasteiger partial charge in [-0.15, -0.1) is 0 Å². The maximum atomic E-state index is 11.2. The van der Waals surface area contributed by atoms with Crippen LogP contribution in [0.15, 0.2) is 12.3 Å². The third kappa shape index (κ3) is 3.97. The van der Waals surface area contributed by atoms with Crippen LogP contribution < -0.4 is 9.47 Å². The van der Waals surface area contributed by atoms with E-state index in [0.29, 0.717) is 23.8 Å². The van der Waals surface area contributed by atoms with Gasteiger partial charge in [-0.2, -0.15) is 0 Å². The van der Waals surface area contributed by atoms with Gasteiger partial charge in [0.2, 0.25) is 5.88 Å². The van der Waals surface area contributed by atoms with Gasteiger partial charge in [-0.25, -0.2) is 4.98 Å². The number of aromatic nitrogens is 1. The third-order valence-corrected chi connectivity index (χ3v) is 4.48. The Morgan fingerprint density at radius 1 is 1.41 bits per heavy atom. The maximum absolute atomic E-state index is 11.2. The number of aliphatic hydroxyl groups is 1. The van der Waals surface area contributed by atoms with Gasteiger partial charge in [0.15, 0.2) is 6.29 Å². The minimum atomic E-state index is -0.708. The minimum Gasteiger partial charge on any atom is -0.491 e. The molecule has 2 rings (SSSR count). The summed E-state index contributed by atoms with van der Waals surface area (Å²) in [4.78, 5) is 15.2. The highest BCUT2D eigenvalue weighted by molar-refractivity contribution is 5.79. The molecule has 22 heavy (non-hydrogen) atoms. The SMILES string of the molecule is COc1cc(C=O)c(OCC2CCCCC2C(C)(C)O)cn1. The molecule has 1 aromatic heterocycles. The molecular weight excluding hydrogens is 282 g/mol. The molecule has 1 aliphatic rings. The van der Waals surface area contributed by atoms with Crippen molar-refractivity contribution < 1.29 is 19.4 Å². The second kappa shape index (κ2) is 7.09. The van der Waals surface area contributed by atoms with E-state index in [-0.39, 0.29) is 11.8 Å². The lowest BCUT2D eigenvalue weighted by atomic mass is 9.72. The van der Waals surface area contributed by atoms with E-state index in [9.17, 15) is 9.90 Å². The van der Waals surface area contributed by atoms with Crippen molar-refractivity contribution >= 4 is 6.29 Å². The van der Waals surface area contributed by atoms with Gasteiger partial charge in [0.25, 0.3) is 0 Å². The Hall–Kier alpha value is -1.62. The molecule has 5 nitrogen and oxygen atoms in total.